The number of cyclic esters (lactones) is 1. The third kappa shape index (κ3) is 4.53. The number of hydrogen-bond acceptors (Lipinski definition) is 8. The Bertz CT molecular complexity index is 1450. The molecule has 0 saturated carbocycles. The number of allylic oxidation sites excluding steroid dienone is 1. The molecule has 0 bridgehead atoms. The summed E-state index contributed by atoms with van der Waals surface area (Å²) >= 11 is 0. The lowest BCUT2D eigenvalue weighted by Gasteiger charge is -2.41. The molecule has 2 heterocycles. The molecule has 8 nitrogen and oxygen atoms in total. The maximum absolute atomic E-state index is 13.0. The van der Waals surface area contributed by atoms with Gasteiger partial charge in [-0.3, -0.25) is 4.79 Å². The Hall–Kier alpha value is -4.56. The molecule has 2 unspecified atom stereocenters. The van der Waals surface area contributed by atoms with Crippen molar-refractivity contribution in [3.63, 3.8) is 0 Å². The average Bonchev–Trinajstić information content (AvgIpc) is 3.59. The topological polar surface area (TPSA) is 101 Å². The summed E-state index contributed by atoms with van der Waals surface area (Å²) in [6.07, 6.45) is 2.80. The van der Waals surface area contributed by atoms with Gasteiger partial charge in [0.25, 0.3) is 5.79 Å². The first-order chi connectivity index (χ1) is 18.8. The predicted molar refractivity (Wildman–Crippen MR) is 140 cm³/mol. The molecule has 8 heteroatoms. The Labute approximate surface area is 226 Å². The molecular weight excluding hydrogens is 500 g/mol. The highest BCUT2D eigenvalue weighted by Crippen LogP contribution is 2.55. The van der Waals surface area contributed by atoms with Crippen molar-refractivity contribution in [1.29, 1.82) is 0 Å². The minimum atomic E-state index is -2.17. The Balaban J connectivity index is 1.82. The molecule has 3 aromatic carbocycles. The zero-order chi connectivity index (χ0) is 27.6. The molecule has 0 spiro atoms. The van der Waals surface area contributed by atoms with Gasteiger partial charge in [0.1, 0.15) is 17.4 Å². The summed E-state index contributed by atoms with van der Waals surface area (Å²) in [6.45, 7) is 1.92. The van der Waals surface area contributed by atoms with E-state index in [9.17, 15) is 14.7 Å². The van der Waals surface area contributed by atoms with Gasteiger partial charge in [-0.25, -0.2) is 4.79 Å². The van der Waals surface area contributed by atoms with E-state index in [-0.39, 0.29) is 18.8 Å². The van der Waals surface area contributed by atoms with Crippen molar-refractivity contribution in [2.45, 2.75) is 24.5 Å². The van der Waals surface area contributed by atoms with Gasteiger partial charge in [-0.2, -0.15) is 0 Å². The monoisotopic (exact) mass is 528 g/mol. The highest BCUT2D eigenvalue weighted by atomic mass is 16.7. The van der Waals surface area contributed by atoms with Gasteiger partial charge < -0.3 is 28.8 Å². The lowest BCUT2D eigenvalue weighted by molar-refractivity contribution is -0.187. The highest BCUT2D eigenvalue weighted by Gasteiger charge is 2.58. The number of carbonyl (C=O) groups is 2. The van der Waals surface area contributed by atoms with E-state index in [1.54, 1.807) is 36.4 Å². The molecule has 0 amide bonds. The van der Waals surface area contributed by atoms with Gasteiger partial charge in [-0.05, 0) is 47.9 Å². The van der Waals surface area contributed by atoms with Crippen LogP contribution in [-0.4, -0.2) is 38.1 Å². The number of carbonyl (C=O) groups excluding carboxylic acids is 2. The molecule has 0 aliphatic carbocycles. The quantitative estimate of drug-likeness (QED) is 0.435. The number of ether oxygens (including phenoxy) is 5. The summed E-state index contributed by atoms with van der Waals surface area (Å²) in [5.74, 6) is -2.36. The van der Waals surface area contributed by atoms with Gasteiger partial charge >= 0.3 is 11.9 Å². The lowest BCUT2D eigenvalue weighted by Crippen LogP contribution is -2.43. The number of aryl methyl sites for hydroxylation is 1. The summed E-state index contributed by atoms with van der Waals surface area (Å²) in [7, 11) is 2.87. The Morgan fingerprint density at radius 3 is 2.41 bits per heavy atom. The summed E-state index contributed by atoms with van der Waals surface area (Å²) in [5.41, 5.74) is 2.16. The van der Waals surface area contributed by atoms with Gasteiger partial charge in [-0.1, -0.05) is 54.1 Å². The highest BCUT2D eigenvalue weighted by molar-refractivity contribution is 5.89. The zero-order valence-electron chi connectivity index (χ0n) is 21.8. The van der Waals surface area contributed by atoms with E-state index in [1.165, 1.54) is 26.6 Å². The van der Waals surface area contributed by atoms with Crippen molar-refractivity contribution in [3.8, 4) is 5.75 Å². The van der Waals surface area contributed by atoms with Crippen LogP contribution in [0.25, 0.3) is 0 Å². The fourth-order valence-electron chi connectivity index (χ4n) is 5.13. The Morgan fingerprint density at radius 2 is 1.77 bits per heavy atom. The van der Waals surface area contributed by atoms with Gasteiger partial charge in [0.15, 0.2) is 5.76 Å². The normalized spacial score (nSPS) is 19.6. The van der Waals surface area contributed by atoms with Crippen LogP contribution in [0.2, 0.25) is 0 Å². The summed E-state index contributed by atoms with van der Waals surface area (Å²) in [4.78, 5) is 25.1. The Morgan fingerprint density at radius 1 is 1.03 bits per heavy atom. The molecule has 2 aliphatic heterocycles. The van der Waals surface area contributed by atoms with Gasteiger partial charge in [0, 0.05) is 17.2 Å². The van der Waals surface area contributed by atoms with Crippen LogP contribution in [0.5, 0.6) is 5.75 Å². The average molecular weight is 529 g/mol. The van der Waals surface area contributed by atoms with Crippen LogP contribution in [0.3, 0.4) is 0 Å². The molecule has 200 valence electrons. The van der Waals surface area contributed by atoms with E-state index in [1.807, 2.05) is 43.3 Å². The first kappa shape index (κ1) is 26.1. The molecule has 39 heavy (non-hydrogen) atoms. The van der Waals surface area contributed by atoms with Crippen LogP contribution in [0.15, 0.2) is 96.5 Å². The zero-order valence-corrected chi connectivity index (χ0v) is 21.8. The van der Waals surface area contributed by atoms with Gasteiger partial charge in [0.05, 0.1) is 20.6 Å². The molecular formula is C31H28O8. The number of rotatable bonds is 8. The Kier molecular flexibility index (Phi) is 6.89. The maximum Gasteiger partial charge on any atom is 0.334 e. The smallest absolute Gasteiger partial charge is 0.334 e. The second-order valence-corrected chi connectivity index (χ2v) is 9.33. The second-order valence-electron chi connectivity index (χ2n) is 9.33. The van der Waals surface area contributed by atoms with E-state index in [2.05, 4.69) is 0 Å². The molecule has 0 radical (unpaired) electrons. The second kappa shape index (κ2) is 10.3. The maximum atomic E-state index is 13.0. The van der Waals surface area contributed by atoms with E-state index < -0.39 is 23.1 Å². The fraction of sp³-hybridized carbons (Fsp3) is 0.226. The molecule has 2 atom stereocenters. The van der Waals surface area contributed by atoms with E-state index in [0.29, 0.717) is 33.8 Å². The lowest BCUT2D eigenvalue weighted by atomic mass is 9.64. The minimum absolute atomic E-state index is 0.0297. The van der Waals surface area contributed by atoms with Crippen molar-refractivity contribution in [1.82, 2.24) is 0 Å². The third-order valence-electron chi connectivity index (χ3n) is 7.02. The van der Waals surface area contributed by atoms with Crippen molar-refractivity contribution in [2.24, 2.45) is 0 Å². The summed E-state index contributed by atoms with van der Waals surface area (Å²) in [5, 5.41) is 12.2. The van der Waals surface area contributed by atoms with Gasteiger partial charge in [0.2, 0.25) is 6.79 Å². The standard InChI is InChI=1S/C31H28O8/c1-20-7-9-22(10-8-20)30(27-18-37-19-38-27,24-6-4-5-21(15-24)16-28(32)36-3)26-17-29(33)39-31(26,34)23-11-13-25(35-2)14-12-23/h4-15,17-18,34H,16,19H2,1-3H3. The predicted octanol–water partition coefficient (Wildman–Crippen LogP) is 4.18. The first-order valence-electron chi connectivity index (χ1n) is 12.3. The molecule has 0 aromatic heterocycles. The number of benzene rings is 3. The third-order valence-corrected chi connectivity index (χ3v) is 7.02. The van der Waals surface area contributed by atoms with E-state index in [4.69, 9.17) is 23.7 Å². The summed E-state index contributed by atoms with van der Waals surface area (Å²) in [6, 6.07) is 21.6. The van der Waals surface area contributed by atoms with Crippen molar-refractivity contribution < 1.29 is 38.4 Å². The fourth-order valence-corrected chi connectivity index (χ4v) is 5.13. The van der Waals surface area contributed by atoms with Crippen LogP contribution in [-0.2, 0) is 46.2 Å². The molecule has 0 saturated heterocycles. The van der Waals surface area contributed by atoms with Crippen molar-refractivity contribution in [2.75, 3.05) is 21.0 Å². The van der Waals surface area contributed by atoms with Crippen LogP contribution in [0.4, 0.5) is 0 Å². The number of hydrogen-bond donors (Lipinski definition) is 1. The van der Waals surface area contributed by atoms with Crippen molar-refractivity contribution >= 4 is 11.9 Å². The molecule has 2 aliphatic rings. The molecule has 3 aromatic rings. The number of aliphatic hydroxyl groups is 1. The SMILES string of the molecule is COC(=O)Cc1cccc(C(C2=COCO2)(C2=CC(=O)OC2(O)c2ccc(OC)cc2)c2ccc(C)cc2)c1. The number of methoxy groups -OCH3 is 2. The van der Waals surface area contributed by atoms with Crippen LogP contribution in [0, 0.1) is 6.92 Å². The van der Waals surface area contributed by atoms with Gasteiger partial charge in [-0.15, -0.1) is 0 Å². The minimum Gasteiger partial charge on any atom is -0.497 e. The van der Waals surface area contributed by atoms with E-state index >= 15 is 0 Å². The molecule has 0 fully saturated rings. The van der Waals surface area contributed by atoms with E-state index in [0.717, 1.165) is 5.56 Å². The number of esters is 2. The van der Waals surface area contributed by atoms with Crippen LogP contribution >= 0.6 is 0 Å². The van der Waals surface area contributed by atoms with Crippen molar-refractivity contribution in [3.05, 3.63) is 124 Å². The largest absolute Gasteiger partial charge is 0.497 e. The summed E-state index contributed by atoms with van der Waals surface area (Å²) < 4.78 is 27.4. The molecule has 5 rings (SSSR count). The first-order valence-corrected chi connectivity index (χ1v) is 12.3. The molecule has 1 N–H and O–H groups in total. The van der Waals surface area contributed by atoms with Crippen LogP contribution < -0.4 is 4.74 Å². The van der Waals surface area contributed by atoms with Crippen LogP contribution in [0.1, 0.15) is 27.8 Å².